The van der Waals surface area contributed by atoms with E-state index in [0.29, 0.717) is 6.42 Å². The van der Waals surface area contributed by atoms with Crippen molar-refractivity contribution in [2.24, 2.45) is 0 Å². The number of ether oxygens (including phenoxy) is 2. The van der Waals surface area contributed by atoms with Gasteiger partial charge in [0.05, 0.1) is 25.4 Å². The summed E-state index contributed by atoms with van der Waals surface area (Å²) in [6.07, 6.45) is 40.9. The minimum Gasteiger partial charge on any atom is -0.394 e. The van der Waals surface area contributed by atoms with Gasteiger partial charge in [0.1, 0.15) is 24.4 Å². The molecule has 0 aromatic heterocycles. The van der Waals surface area contributed by atoms with Gasteiger partial charge in [-0.1, -0.05) is 212 Å². The average molecular weight is 824 g/mol. The fourth-order valence-electron chi connectivity index (χ4n) is 7.82. The van der Waals surface area contributed by atoms with E-state index in [1.54, 1.807) is 6.08 Å². The van der Waals surface area contributed by atoms with Crippen LogP contribution in [-0.4, -0.2) is 87.5 Å². The number of rotatable bonds is 41. The summed E-state index contributed by atoms with van der Waals surface area (Å²) in [5.74, 6) is -0.185. The SMILES string of the molecule is CCCCCCCCCCCCCCCCCC/C=C/CC/C=C/C(O)C(COC1OC(CO)C(O)C(O)C1O)NC(=O)CCCCCCCCCCCCCCC. The molecule has 0 aromatic carbocycles. The van der Waals surface area contributed by atoms with Crippen molar-refractivity contribution in [1.82, 2.24) is 5.32 Å². The van der Waals surface area contributed by atoms with Crippen molar-refractivity contribution in [1.29, 1.82) is 0 Å². The molecule has 7 unspecified atom stereocenters. The Bertz CT molecular complexity index is 961. The standard InChI is InChI=1S/C49H93NO8/c1-3-5-7-9-11-13-15-17-18-19-20-21-22-23-24-25-27-28-30-32-34-36-38-43(52)42(41-57-49-48(56)47(55)46(54)44(40-51)58-49)50-45(53)39-37-35-33-31-29-26-16-14-12-10-8-6-4-2/h28,30,36,38,42-44,46-49,51-52,54-56H,3-27,29,31-35,37,39-41H2,1-2H3,(H,50,53)/b30-28+,38-36+. The Morgan fingerprint density at radius 1 is 0.569 bits per heavy atom. The molecule has 0 aliphatic carbocycles. The van der Waals surface area contributed by atoms with Gasteiger partial charge in [-0.3, -0.25) is 4.79 Å². The number of unbranched alkanes of at least 4 members (excludes halogenated alkanes) is 29. The van der Waals surface area contributed by atoms with Crippen molar-refractivity contribution in [3.05, 3.63) is 24.3 Å². The number of amides is 1. The molecule has 1 aliphatic rings. The van der Waals surface area contributed by atoms with E-state index >= 15 is 0 Å². The molecule has 0 saturated carbocycles. The van der Waals surface area contributed by atoms with E-state index in [2.05, 4.69) is 31.3 Å². The Kier molecular flexibility index (Phi) is 37.5. The van der Waals surface area contributed by atoms with E-state index < -0.39 is 49.5 Å². The number of nitrogens with one attached hydrogen (secondary N) is 1. The summed E-state index contributed by atoms with van der Waals surface area (Å²) < 4.78 is 11.2. The summed E-state index contributed by atoms with van der Waals surface area (Å²) >= 11 is 0. The number of hydrogen-bond donors (Lipinski definition) is 6. The lowest BCUT2D eigenvalue weighted by molar-refractivity contribution is -0.302. The van der Waals surface area contributed by atoms with E-state index in [4.69, 9.17) is 9.47 Å². The molecule has 9 nitrogen and oxygen atoms in total. The number of aliphatic hydroxyl groups excluding tert-OH is 5. The molecule has 1 amide bonds. The van der Waals surface area contributed by atoms with Crippen LogP contribution in [0.4, 0.5) is 0 Å². The first-order valence-corrected chi connectivity index (χ1v) is 24.6. The summed E-state index contributed by atoms with van der Waals surface area (Å²) in [4.78, 5) is 12.9. The van der Waals surface area contributed by atoms with Crippen LogP contribution in [0.3, 0.4) is 0 Å². The van der Waals surface area contributed by atoms with Crippen LogP contribution in [0.2, 0.25) is 0 Å². The fraction of sp³-hybridized carbons (Fsp3) is 0.898. The quantitative estimate of drug-likeness (QED) is 0.0264. The van der Waals surface area contributed by atoms with Gasteiger partial charge in [0.15, 0.2) is 6.29 Å². The lowest BCUT2D eigenvalue weighted by atomic mass is 9.99. The first-order chi connectivity index (χ1) is 28.3. The van der Waals surface area contributed by atoms with Crippen molar-refractivity contribution in [2.45, 2.75) is 269 Å². The normalized spacial score (nSPS) is 21.0. The second-order valence-corrected chi connectivity index (χ2v) is 17.3. The highest BCUT2D eigenvalue weighted by Crippen LogP contribution is 2.23. The zero-order chi connectivity index (χ0) is 42.3. The summed E-state index contributed by atoms with van der Waals surface area (Å²) in [6, 6.07) is -0.816. The van der Waals surface area contributed by atoms with Gasteiger partial charge in [-0.15, -0.1) is 0 Å². The maximum atomic E-state index is 12.9. The van der Waals surface area contributed by atoms with Crippen LogP contribution in [0, 0.1) is 0 Å². The second-order valence-electron chi connectivity index (χ2n) is 17.3. The van der Waals surface area contributed by atoms with Crippen LogP contribution in [0.25, 0.3) is 0 Å². The first kappa shape index (κ1) is 54.7. The molecule has 6 N–H and O–H groups in total. The number of aliphatic hydroxyl groups is 5. The van der Waals surface area contributed by atoms with Crippen LogP contribution in [-0.2, 0) is 14.3 Å². The molecule has 9 heteroatoms. The number of hydrogen-bond acceptors (Lipinski definition) is 8. The second kappa shape index (κ2) is 39.8. The van der Waals surface area contributed by atoms with Crippen LogP contribution in [0.1, 0.15) is 226 Å². The maximum absolute atomic E-state index is 12.9. The largest absolute Gasteiger partial charge is 0.394 e. The highest BCUT2D eigenvalue weighted by atomic mass is 16.7. The minimum absolute atomic E-state index is 0.185. The van der Waals surface area contributed by atoms with Crippen molar-refractivity contribution in [3.8, 4) is 0 Å². The molecule has 0 aromatic rings. The summed E-state index contributed by atoms with van der Waals surface area (Å²) in [7, 11) is 0. The van der Waals surface area contributed by atoms with Crippen LogP contribution in [0.15, 0.2) is 24.3 Å². The van der Waals surface area contributed by atoms with Crippen molar-refractivity contribution in [3.63, 3.8) is 0 Å². The number of carbonyl (C=O) groups is 1. The van der Waals surface area contributed by atoms with Crippen molar-refractivity contribution in [2.75, 3.05) is 13.2 Å². The number of allylic oxidation sites excluding steroid dienone is 3. The summed E-state index contributed by atoms with van der Waals surface area (Å²) in [5, 5.41) is 54.2. The number of carbonyl (C=O) groups excluding carboxylic acids is 1. The van der Waals surface area contributed by atoms with Gasteiger partial charge in [-0.25, -0.2) is 0 Å². The Morgan fingerprint density at radius 3 is 1.45 bits per heavy atom. The van der Waals surface area contributed by atoms with Gasteiger partial charge < -0.3 is 40.3 Å². The minimum atomic E-state index is -1.57. The first-order valence-electron chi connectivity index (χ1n) is 24.6. The van der Waals surface area contributed by atoms with Crippen molar-refractivity contribution < 1.29 is 39.8 Å². The highest BCUT2D eigenvalue weighted by Gasteiger charge is 2.44. The maximum Gasteiger partial charge on any atom is 0.220 e. The third-order valence-electron chi connectivity index (χ3n) is 11.8. The topological polar surface area (TPSA) is 149 Å². The highest BCUT2D eigenvalue weighted by molar-refractivity contribution is 5.76. The van der Waals surface area contributed by atoms with E-state index in [-0.39, 0.29) is 12.5 Å². The Labute approximate surface area is 356 Å². The molecule has 0 bridgehead atoms. The lowest BCUT2D eigenvalue weighted by Crippen LogP contribution is -2.60. The van der Waals surface area contributed by atoms with Gasteiger partial charge in [0.25, 0.3) is 0 Å². The molecule has 342 valence electrons. The molecule has 1 aliphatic heterocycles. The zero-order valence-corrected chi connectivity index (χ0v) is 37.6. The van der Waals surface area contributed by atoms with Crippen LogP contribution in [0.5, 0.6) is 0 Å². The van der Waals surface area contributed by atoms with Crippen LogP contribution >= 0.6 is 0 Å². The van der Waals surface area contributed by atoms with Gasteiger partial charge in [0, 0.05) is 6.42 Å². The summed E-state index contributed by atoms with van der Waals surface area (Å²) in [5.41, 5.74) is 0. The van der Waals surface area contributed by atoms with E-state index in [1.807, 2.05) is 6.08 Å². The third kappa shape index (κ3) is 29.8. The molecule has 1 heterocycles. The zero-order valence-electron chi connectivity index (χ0n) is 37.6. The van der Waals surface area contributed by atoms with Gasteiger partial charge in [-0.2, -0.15) is 0 Å². The molecular formula is C49H93NO8. The third-order valence-corrected chi connectivity index (χ3v) is 11.8. The predicted molar refractivity (Wildman–Crippen MR) is 240 cm³/mol. The van der Waals surface area contributed by atoms with Gasteiger partial charge in [0.2, 0.25) is 5.91 Å². The van der Waals surface area contributed by atoms with Crippen LogP contribution < -0.4 is 5.32 Å². The predicted octanol–water partition coefficient (Wildman–Crippen LogP) is 10.7. The summed E-state index contributed by atoms with van der Waals surface area (Å²) in [6.45, 7) is 3.77. The monoisotopic (exact) mass is 824 g/mol. The van der Waals surface area contributed by atoms with Crippen molar-refractivity contribution >= 4 is 5.91 Å². The van der Waals surface area contributed by atoms with E-state index in [1.165, 1.54) is 167 Å². The van der Waals surface area contributed by atoms with E-state index in [0.717, 1.165) is 38.5 Å². The Morgan fingerprint density at radius 2 is 0.983 bits per heavy atom. The molecule has 58 heavy (non-hydrogen) atoms. The Balaban J connectivity index is 2.32. The van der Waals surface area contributed by atoms with E-state index in [9.17, 15) is 30.3 Å². The van der Waals surface area contributed by atoms with Gasteiger partial charge in [-0.05, 0) is 32.1 Å². The molecule has 1 saturated heterocycles. The molecule has 0 spiro atoms. The molecule has 1 rings (SSSR count). The van der Waals surface area contributed by atoms with Gasteiger partial charge >= 0.3 is 0 Å². The lowest BCUT2D eigenvalue weighted by Gasteiger charge is -2.40. The smallest absolute Gasteiger partial charge is 0.220 e. The molecule has 7 atom stereocenters. The molecule has 0 radical (unpaired) electrons. The molecule has 1 fully saturated rings. The molecular weight excluding hydrogens is 731 g/mol. The average Bonchev–Trinajstić information content (AvgIpc) is 3.22. The fourth-order valence-corrected chi connectivity index (χ4v) is 7.82. The Hall–Kier alpha value is -1.33.